The van der Waals surface area contributed by atoms with Crippen LogP contribution < -0.4 is 19.9 Å². The van der Waals surface area contributed by atoms with Gasteiger partial charge >= 0.3 is 6.09 Å². The van der Waals surface area contributed by atoms with Gasteiger partial charge in [-0.3, -0.25) is 19.7 Å². The van der Waals surface area contributed by atoms with Crippen molar-refractivity contribution in [2.75, 3.05) is 56.7 Å². The van der Waals surface area contributed by atoms with Gasteiger partial charge in [0.2, 0.25) is 0 Å². The molecule has 9 rings (SSSR count). The van der Waals surface area contributed by atoms with Crippen molar-refractivity contribution in [1.29, 1.82) is 0 Å². The lowest BCUT2D eigenvalue weighted by Gasteiger charge is -2.54. The Labute approximate surface area is 343 Å². The zero-order valence-corrected chi connectivity index (χ0v) is 34.3. The first-order valence-electron chi connectivity index (χ1n) is 20.4. The maximum absolute atomic E-state index is 13.8. The number of nitrogens with zero attached hydrogens (tertiary/aromatic N) is 9. The summed E-state index contributed by atoms with van der Waals surface area (Å²) in [5.74, 6) is 1.04. The number of carbonyl (C=O) groups excluding carboxylic acids is 2. The van der Waals surface area contributed by atoms with E-state index >= 15 is 0 Å². The Bertz CT molecular complexity index is 2360. The number of carbonyl (C=O) groups is 2. The molecule has 5 aromatic rings. The average Bonchev–Trinajstić information content (AvgIpc) is 3.53. The Morgan fingerprint density at radius 2 is 1.76 bits per heavy atom. The molecule has 2 atom stereocenters. The number of aromatic nitrogens is 5. The standard InChI is InChI=1S/C44H51FN10O4/c1-43(2,3)59-42(57)53-17-14-44(15-18-53)26-52(27-44)25-29-21-47-35(22-46-29)31-7-6-8-36-32(31)13-16-54(36)39-20-37(51(4)24-28-9-11-30(58-5)12-10-28)40-48-23-38(55(40)50-39)41(56)49-34-19-33(34)45/h6-12,20-23,33-34H,13-19,24-27H2,1-5H3,(H,49,56)/t33-,34+/m0/s1. The van der Waals surface area contributed by atoms with Crippen molar-refractivity contribution in [2.45, 2.75) is 77.4 Å². The summed E-state index contributed by atoms with van der Waals surface area (Å²) in [6.45, 7) is 11.1. The Hall–Kier alpha value is -5.83. The largest absolute Gasteiger partial charge is 0.497 e. The number of methoxy groups -OCH3 is 1. The first-order valence-corrected chi connectivity index (χ1v) is 20.4. The smallest absolute Gasteiger partial charge is 0.410 e. The second-order valence-electron chi connectivity index (χ2n) is 17.5. The number of nitrogens with one attached hydrogen (secondary N) is 1. The number of fused-ring (bicyclic) bond motifs is 2. The van der Waals surface area contributed by atoms with Crippen molar-refractivity contribution < 1.29 is 23.5 Å². The molecule has 2 saturated heterocycles. The lowest BCUT2D eigenvalue weighted by atomic mass is 9.72. The van der Waals surface area contributed by atoms with Gasteiger partial charge in [0.1, 0.15) is 17.5 Å². The molecule has 1 spiro atoms. The molecular weight excluding hydrogens is 752 g/mol. The third-order valence-electron chi connectivity index (χ3n) is 12.0. The first kappa shape index (κ1) is 38.7. The van der Waals surface area contributed by atoms with Gasteiger partial charge in [-0.05, 0) is 74.8 Å². The number of amides is 2. The lowest BCUT2D eigenvalue weighted by Crippen LogP contribution is -2.60. The van der Waals surface area contributed by atoms with Crippen LogP contribution in [0.5, 0.6) is 5.75 Å². The Balaban J connectivity index is 0.917. The molecule has 14 nitrogen and oxygen atoms in total. The number of hydrogen-bond acceptors (Lipinski definition) is 11. The van der Waals surface area contributed by atoms with Crippen molar-refractivity contribution >= 4 is 34.8 Å². The molecule has 3 aromatic heterocycles. The second-order valence-corrected chi connectivity index (χ2v) is 17.5. The number of ether oxygens (including phenoxy) is 2. The SMILES string of the molecule is COc1ccc(CN(C)c2cc(N3CCc4c(-c5cnc(CN6CC7(CCN(C(=O)OC(C)(C)C)CC7)C6)cn5)cccc43)nn3c(C(=O)N[C@@H]4C[C@@H]4F)cnc23)cc1. The molecule has 0 unspecified atom stereocenters. The number of anilines is 3. The van der Waals surface area contributed by atoms with Gasteiger partial charge in [0.25, 0.3) is 5.91 Å². The van der Waals surface area contributed by atoms with Gasteiger partial charge in [-0.2, -0.15) is 0 Å². The van der Waals surface area contributed by atoms with E-state index in [0.29, 0.717) is 31.0 Å². The fraction of sp³-hybridized carbons (Fsp3) is 0.455. The molecule has 1 aliphatic carbocycles. The number of likely N-dealkylation sites (tertiary alicyclic amines) is 2. The first-order chi connectivity index (χ1) is 28.3. The summed E-state index contributed by atoms with van der Waals surface area (Å²) < 4.78 is 26.3. The van der Waals surface area contributed by atoms with E-state index in [1.54, 1.807) is 11.6 Å². The third-order valence-corrected chi connectivity index (χ3v) is 12.0. The minimum atomic E-state index is -1.03. The molecule has 4 aliphatic rings. The molecule has 2 aromatic carbocycles. The normalized spacial score (nSPS) is 19.7. The molecule has 59 heavy (non-hydrogen) atoms. The van der Waals surface area contributed by atoms with Crippen LogP contribution in [0.3, 0.4) is 0 Å². The monoisotopic (exact) mass is 802 g/mol. The van der Waals surface area contributed by atoms with Gasteiger partial charge in [0.15, 0.2) is 17.2 Å². The van der Waals surface area contributed by atoms with E-state index in [9.17, 15) is 14.0 Å². The van der Waals surface area contributed by atoms with Crippen LogP contribution in [0.4, 0.5) is 26.4 Å². The van der Waals surface area contributed by atoms with Crippen LogP contribution in [0, 0.1) is 5.41 Å². The van der Waals surface area contributed by atoms with Crippen LogP contribution >= 0.6 is 0 Å². The van der Waals surface area contributed by atoms with E-state index in [0.717, 1.165) is 97.2 Å². The molecule has 0 bridgehead atoms. The maximum atomic E-state index is 13.8. The van der Waals surface area contributed by atoms with Crippen molar-refractivity contribution in [3.05, 3.63) is 89.6 Å². The van der Waals surface area contributed by atoms with Gasteiger partial charge in [-0.15, -0.1) is 5.10 Å². The van der Waals surface area contributed by atoms with Gasteiger partial charge in [-0.25, -0.2) is 18.7 Å². The summed E-state index contributed by atoms with van der Waals surface area (Å²) in [5, 5.41) is 7.78. The van der Waals surface area contributed by atoms with Crippen LogP contribution in [-0.4, -0.2) is 111 Å². The van der Waals surface area contributed by atoms with Crippen LogP contribution in [0.15, 0.2) is 67.1 Å². The molecule has 2 amide bonds. The van der Waals surface area contributed by atoms with Gasteiger partial charge in [-0.1, -0.05) is 24.3 Å². The summed E-state index contributed by atoms with van der Waals surface area (Å²) in [7, 11) is 3.64. The highest BCUT2D eigenvalue weighted by molar-refractivity contribution is 5.94. The molecule has 308 valence electrons. The number of imidazole rings is 1. The van der Waals surface area contributed by atoms with E-state index in [4.69, 9.17) is 24.5 Å². The Morgan fingerprint density at radius 1 is 1.00 bits per heavy atom. The van der Waals surface area contributed by atoms with Crippen molar-refractivity contribution in [1.82, 2.24) is 39.7 Å². The van der Waals surface area contributed by atoms with Crippen LogP contribution in [0.25, 0.3) is 16.9 Å². The van der Waals surface area contributed by atoms with E-state index in [1.807, 2.05) is 81.5 Å². The average molecular weight is 803 g/mol. The highest BCUT2D eigenvalue weighted by Crippen LogP contribution is 2.42. The quantitative estimate of drug-likeness (QED) is 0.173. The number of rotatable bonds is 10. The number of alkyl halides is 1. The zero-order valence-electron chi connectivity index (χ0n) is 34.3. The molecular formula is C44H51FN10O4. The number of benzene rings is 2. The van der Waals surface area contributed by atoms with E-state index in [1.165, 1.54) is 6.20 Å². The van der Waals surface area contributed by atoms with Crippen molar-refractivity contribution in [3.8, 4) is 17.0 Å². The van der Waals surface area contributed by atoms with Crippen LogP contribution in [0.1, 0.15) is 67.3 Å². The van der Waals surface area contributed by atoms with Crippen molar-refractivity contribution in [3.63, 3.8) is 0 Å². The molecule has 0 radical (unpaired) electrons. The summed E-state index contributed by atoms with van der Waals surface area (Å²) in [6, 6.07) is 15.7. The fourth-order valence-electron chi connectivity index (χ4n) is 8.69. The Kier molecular flexibility index (Phi) is 9.89. The van der Waals surface area contributed by atoms with Gasteiger partial charge in [0, 0.05) is 76.6 Å². The third kappa shape index (κ3) is 7.87. The van der Waals surface area contributed by atoms with Gasteiger partial charge in [0.05, 0.1) is 48.8 Å². The summed E-state index contributed by atoms with van der Waals surface area (Å²) in [6.07, 6.45) is 7.07. The summed E-state index contributed by atoms with van der Waals surface area (Å²) >= 11 is 0. The predicted molar refractivity (Wildman–Crippen MR) is 222 cm³/mol. The second kappa shape index (κ2) is 15.1. The minimum absolute atomic E-state index is 0.218. The van der Waals surface area contributed by atoms with E-state index < -0.39 is 23.7 Å². The van der Waals surface area contributed by atoms with Gasteiger partial charge < -0.3 is 29.5 Å². The summed E-state index contributed by atoms with van der Waals surface area (Å²) in [4.78, 5) is 48.9. The van der Waals surface area contributed by atoms with E-state index in [-0.39, 0.29) is 17.2 Å². The highest BCUT2D eigenvalue weighted by Gasteiger charge is 2.46. The van der Waals surface area contributed by atoms with Crippen molar-refractivity contribution in [2.24, 2.45) is 5.41 Å². The zero-order chi connectivity index (χ0) is 41.1. The predicted octanol–water partition coefficient (Wildman–Crippen LogP) is 6.20. The topological polar surface area (TPSA) is 134 Å². The summed E-state index contributed by atoms with van der Waals surface area (Å²) in [5.41, 5.74) is 7.33. The molecule has 1 N–H and O–H groups in total. The highest BCUT2D eigenvalue weighted by atomic mass is 19.1. The number of halogens is 1. The Morgan fingerprint density at radius 3 is 2.44 bits per heavy atom. The molecule has 1 saturated carbocycles. The van der Waals surface area contributed by atoms with E-state index in [2.05, 4.69) is 37.1 Å². The molecule has 3 aliphatic heterocycles. The number of hydrogen-bond donors (Lipinski definition) is 1. The van der Waals surface area contributed by atoms with Crippen LogP contribution in [0.2, 0.25) is 0 Å². The molecule has 15 heteroatoms. The van der Waals surface area contributed by atoms with Crippen LogP contribution in [-0.2, 0) is 24.2 Å². The minimum Gasteiger partial charge on any atom is -0.497 e. The maximum Gasteiger partial charge on any atom is 0.410 e. The fourth-order valence-corrected chi connectivity index (χ4v) is 8.69. The molecule has 6 heterocycles. The molecule has 3 fully saturated rings. The lowest BCUT2D eigenvalue weighted by molar-refractivity contribution is -0.0555. The number of piperidine rings is 1.